The van der Waals surface area contributed by atoms with Gasteiger partial charge in [0.25, 0.3) is 0 Å². The summed E-state index contributed by atoms with van der Waals surface area (Å²) in [6.07, 6.45) is -17.1. The lowest BCUT2D eigenvalue weighted by Gasteiger charge is -2.60. The fourth-order valence-corrected chi connectivity index (χ4v) is 14.0. The third-order valence-electron chi connectivity index (χ3n) is 17.9. The van der Waals surface area contributed by atoms with Crippen molar-refractivity contribution in [3.63, 3.8) is 0 Å². The molecule has 8 aliphatic rings. The van der Waals surface area contributed by atoms with E-state index in [0.717, 1.165) is 25.7 Å². The van der Waals surface area contributed by atoms with Gasteiger partial charge in [-0.1, -0.05) is 32.9 Å². The van der Waals surface area contributed by atoms with Crippen LogP contribution in [-0.2, 0) is 42.7 Å². The zero-order valence-electron chi connectivity index (χ0n) is 38.3. The Morgan fingerprint density at radius 1 is 0.727 bits per heavy atom. The van der Waals surface area contributed by atoms with Gasteiger partial charge in [0.2, 0.25) is 0 Å². The highest BCUT2D eigenvalue weighted by molar-refractivity contribution is 5.87. The molecule has 8 fully saturated rings. The molecule has 4 aliphatic carbocycles. The number of ketones is 1. The predicted octanol–water partition coefficient (Wildman–Crippen LogP) is -2.03. The molecule has 4 aliphatic heterocycles. The Morgan fingerprint density at radius 3 is 1.94 bits per heavy atom. The van der Waals surface area contributed by atoms with Gasteiger partial charge in [-0.15, -0.1) is 0 Å². The summed E-state index contributed by atoms with van der Waals surface area (Å²) in [7, 11) is 1.62. The lowest BCUT2D eigenvalue weighted by molar-refractivity contribution is -0.373. The number of fused-ring (bicyclic) bond motifs is 7. The molecule has 20 heteroatoms. The van der Waals surface area contributed by atoms with Gasteiger partial charge in [0, 0.05) is 37.2 Å². The number of hydrogen-bond acceptors (Lipinski definition) is 20. The fraction of sp³-hybridized carbons (Fsp3) is 0.935. The van der Waals surface area contributed by atoms with Crippen molar-refractivity contribution in [2.45, 2.75) is 189 Å². The van der Waals surface area contributed by atoms with Gasteiger partial charge >= 0.3 is 0 Å². The Labute approximate surface area is 384 Å². The standard InChI is InChI=1S/C46H74O20/c1-19(18-60-41-38(57)35(54)32(51)27(15-47)62-41)8-11-46(59-5)20(2)31-26(66-46)13-25-23-7-6-21-12-22(9-10-44(21,3)24(23)14-30(50)45(25,31)4)61-43-40(37(56)34(53)29(17-49)64-43)65-42-39(58)36(55)33(52)28(16-48)63-42/h20-29,31-43,47-49,51-58H,1,6-18H2,2-5H3/t20-,21+,22-,23+,24-,25-,26-,27+,28+,29+,31-,32+,33+,34-,35-,36-,37-,38+,39+,40+,41+,42-,43+,44-,45+,46+/m0/s1. The Morgan fingerprint density at radius 2 is 1.32 bits per heavy atom. The van der Waals surface area contributed by atoms with Crippen molar-refractivity contribution < 1.29 is 98.9 Å². The van der Waals surface area contributed by atoms with Gasteiger partial charge in [-0.25, -0.2) is 0 Å². The Balaban J connectivity index is 0.899. The SMILES string of the molecule is C=C(CC[C@@]1(OC)O[C@H]2C[C@H]3[C@@H]4CC[C@@H]5C[C@@H](O[C@@H]6O[C@H](CO)[C@H](O)[C@H](O)[C@H]6O[C@@H]6O[C@H](CO)[C@@H](O)[C@H](O)[C@H]6O)CC[C@]5(C)[C@H]4CC(=O)[C@]3(C)[C@H]2[C@@H]1C)CO[C@@H]1O[C@H](CO)[C@@H](O)[C@H](O)[C@H]1O. The molecular weight excluding hydrogens is 872 g/mol. The van der Waals surface area contributed by atoms with Crippen LogP contribution in [0.5, 0.6) is 0 Å². The highest BCUT2D eigenvalue weighted by Crippen LogP contribution is 2.70. The maximum Gasteiger partial charge on any atom is 0.187 e. The molecule has 0 radical (unpaired) electrons. The second-order valence-electron chi connectivity index (χ2n) is 21.1. The van der Waals surface area contributed by atoms with E-state index in [0.29, 0.717) is 43.6 Å². The van der Waals surface area contributed by atoms with Crippen LogP contribution in [0.4, 0.5) is 0 Å². The fourth-order valence-electron chi connectivity index (χ4n) is 14.0. The van der Waals surface area contributed by atoms with Crippen LogP contribution >= 0.6 is 0 Å². The average Bonchev–Trinajstić information content (AvgIpc) is 3.77. The number of aliphatic hydroxyl groups is 11. The smallest absolute Gasteiger partial charge is 0.187 e. The zero-order chi connectivity index (χ0) is 47.8. The molecule has 0 aromatic rings. The zero-order valence-corrected chi connectivity index (χ0v) is 38.3. The van der Waals surface area contributed by atoms with E-state index >= 15 is 0 Å². The molecule has 0 unspecified atom stereocenters. The first-order chi connectivity index (χ1) is 31.3. The topological polar surface area (TPSA) is 313 Å². The van der Waals surface area contributed by atoms with Crippen LogP contribution in [0.25, 0.3) is 0 Å². The first kappa shape index (κ1) is 51.0. The molecule has 4 heterocycles. The summed E-state index contributed by atoms with van der Waals surface area (Å²) in [5.41, 5.74) is -0.150. The lowest BCUT2D eigenvalue weighted by Crippen LogP contribution is -2.65. The summed E-state index contributed by atoms with van der Waals surface area (Å²) in [6.45, 7) is 8.77. The van der Waals surface area contributed by atoms with Gasteiger partial charge in [-0.05, 0) is 74.0 Å². The van der Waals surface area contributed by atoms with Crippen molar-refractivity contribution in [2.24, 2.45) is 46.3 Å². The molecule has 0 spiro atoms. The van der Waals surface area contributed by atoms with Gasteiger partial charge < -0.3 is 94.1 Å². The largest absolute Gasteiger partial charge is 0.394 e. The van der Waals surface area contributed by atoms with E-state index in [1.54, 1.807) is 7.11 Å². The molecule has 0 aromatic heterocycles. The maximum atomic E-state index is 14.8. The molecule has 0 aromatic carbocycles. The number of aliphatic hydroxyl groups excluding tert-OH is 11. The molecule has 66 heavy (non-hydrogen) atoms. The Kier molecular flexibility index (Phi) is 15.2. The molecular formula is C46H74O20. The van der Waals surface area contributed by atoms with Crippen LogP contribution in [0.1, 0.15) is 78.6 Å². The summed E-state index contributed by atoms with van der Waals surface area (Å²) < 4.78 is 48.2. The minimum atomic E-state index is -1.78. The Bertz CT molecular complexity index is 1700. The van der Waals surface area contributed by atoms with Crippen molar-refractivity contribution in [3.05, 3.63) is 12.2 Å². The van der Waals surface area contributed by atoms with Crippen LogP contribution in [-0.4, -0.2) is 206 Å². The van der Waals surface area contributed by atoms with Gasteiger partial charge in [-0.2, -0.15) is 0 Å². The van der Waals surface area contributed by atoms with E-state index in [1.165, 1.54) is 0 Å². The first-order valence-corrected chi connectivity index (χ1v) is 23.9. The number of ether oxygens (including phenoxy) is 8. The number of Topliss-reactive ketones (excluding diaryl/α,β-unsaturated/α-hetero) is 1. The Hall–Kier alpha value is -1.35. The summed E-state index contributed by atoms with van der Waals surface area (Å²) in [6, 6.07) is 0. The van der Waals surface area contributed by atoms with Gasteiger partial charge in [0.1, 0.15) is 79.0 Å². The van der Waals surface area contributed by atoms with Gasteiger partial charge in [0.15, 0.2) is 24.7 Å². The van der Waals surface area contributed by atoms with Gasteiger partial charge in [0.05, 0.1) is 38.6 Å². The van der Waals surface area contributed by atoms with Crippen LogP contribution in [0.3, 0.4) is 0 Å². The second kappa shape index (κ2) is 19.7. The van der Waals surface area contributed by atoms with Crippen molar-refractivity contribution in [2.75, 3.05) is 33.5 Å². The molecule has 4 saturated heterocycles. The number of carbonyl (C=O) groups excluding carboxylic acids is 1. The number of rotatable bonds is 14. The van der Waals surface area contributed by atoms with Crippen LogP contribution in [0.15, 0.2) is 12.2 Å². The quantitative estimate of drug-likeness (QED) is 0.0661. The maximum absolute atomic E-state index is 14.8. The normalized spacial score (nSPS) is 53.7. The molecule has 0 amide bonds. The number of carbonyl (C=O) groups is 1. The molecule has 4 saturated carbocycles. The number of hydrogen-bond donors (Lipinski definition) is 11. The summed E-state index contributed by atoms with van der Waals surface area (Å²) >= 11 is 0. The third kappa shape index (κ3) is 8.57. The van der Waals surface area contributed by atoms with E-state index in [2.05, 4.69) is 27.4 Å². The first-order valence-electron chi connectivity index (χ1n) is 23.9. The van der Waals surface area contributed by atoms with Crippen molar-refractivity contribution >= 4 is 5.78 Å². The lowest BCUT2D eigenvalue weighted by atomic mass is 9.44. The predicted molar refractivity (Wildman–Crippen MR) is 224 cm³/mol. The molecule has 8 rings (SSSR count). The molecule has 20 nitrogen and oxygen atoms in total. The summed E-state index contributed by atoms with van der Waals surface area (Å²) in [5.74, 6) is -0.222. The number of methoxy groups -OCH3 is 1. The average molecular weight is 947 g/mol. The van der Waals surface area contributed by atoms with Crippen LogP contribution in [0.2, 0.25) is 0 Å². The summed E-state index contributed by atoms with van der Waals surface area (Å²) in [5, 5.41) is 113. The van der Waals surface area contributed by atoms with Crippen LogP contribution in [0, 0.1) is 46.3 Å². The monoisotopic (exact) mass is 946 g/mol. The van der Waals surface area contributed by atoms with Crippen molar-refractivity contribution in [1.29, 1.82) is 0 Å². The van der Waals surface area contributed by atoms with Crippen molar-refractivity contribution in [3.8, 4) is 0 Å². The highest BCUT2D eigenvalue weighted by Gasteiger charge is 2.71. The molecule has 0 bridgehead atoms. The molecule has 26 atom stereocenters. The third-order valence-corrected chi connectivity index (χ3v) is 17.9. The van der Waals surface area contributed by atoms with Crippen molar-refractivity contribution in [1.82, 2.24) is 0 Å². The second-order valence-corrected chi connectivity index (χ2v) is 21.1. The van der Waals surface area contributed by atoms with E-state index < -0.39 is 129 Å². The molecule has 378 valence electrons. The highest BCUT2D eigenvalue weighted by atomic mass is 16.8. The van der Waals surface area contributed by atoms with E-state index in [-0.39, 0.29) is 53.5 Å². The van der Waals surface area contributed by atoms with E-state index in [4.69, 9.17) is 37.9 Å². The minimum Gasteiger partial charge on any atom is -0.394 e. The minimum absolute atomic E-state index is 0.0238. The molecule has 11 N–H and O–H groups in total. The summed E-state index contributed by atoms with van der Waals surface area (Å²) in [4.78, 5) is 14.8. The van der Waals surface area contributed by atoms with Gasteiger partial charge in [-0.3, -0.25) is 4.79 Å². The van der Waals surface area contributed by atoms with E-state index in [9.17, 15) is 61.0 Å². The van der Waals surface area contributed by atoms with Crippen LogP contribution < -0.4 is 0 Å². The van der Waals surface area contributed by atoms with E-state index in [1.807, 2.05) is 0 Å².